The summed E-state index contributed by atoms with van der Waals surface area (Å²) in [7, 11) is 1.91. The molecule has 2 aromatic rings. The van der Waals surface area contributed by atoms with Crippen molar-refractivity contribution in [3.05, 3.63) is 65.5 Å². The summed E-state index contributed by atoms with van der Waals surface area (Å²) in [6.45, 7) is 0. The van der Waals surface area contributed by atoms with E-state index in [9.17, 15) is 4.39 Å². The Morgan fingerprint density at radius 3 is 2.63 bits per heavy atom. The maximum Gasteiger partial charge on any atom is 0.165 e. The number of hydrogen-bond donors (Lipinski definition) is 1. The van der Waals surface area contributed by atoms with Crippen molar-refractivity contribution in [2.75, 3.05) is 7.05 Å². The van der Waals surface area contributed by atoms with Crippen LogP contribution < -0.4 is 10.1 Å². The molecule has 2 aromatic carbocycles. The van der Waals surface area contributed by atoms with Crippen LogP contribution in [0.2, 0.25) is 0 Å². The number of hydrogen-bond acceptors (Lipinski definition) is 2. The SMILES string of the molecule is CNC1c2ccccc2CC1Oc1ccccc1F. The minimum atomic E-state index is -0.312. The van der Waals surface area contributed by atoms with Gasteiger partial charge in [0.15, 0.2) is 11.6 Å². The van der Waals surface area contributed by atoms with Crippen LogP contribution in [0, 0.1) is 5.82 Å². The highest BCUT2D eigenvalue weighted by Crippen LogP contribution is 2.34. The Hall–Kier alpha value is -1.87. The molecule has 0 bridgehead atoms. The molecule has 98 valence electrons. The van der Waals surface area contributed by atoms with E-state index < -0.39 is 0 Å². The second-order valence-corrected chi connectivity index (χ2v) is 4.76. The number of para-hydroxylation sites is 1. The number of fused-ring (bicyclic) bond motifs is 1. The van der Waals surface area contributed by atoms with Gasteiger partial charge >= 0.3 is 0 Å². The summed E-state index contributed by atoms with van der Waals surface area (Å²) in [6, 6.07) is 14.9. The number of rotatable bonds is 3. The molecule has 0 saturated carbocycles. The van der Waals surface area contributed by atoms with Crippen molar-refractivity contribution >= 4 is 0 Å². The molecule has 0 heterocycles. The summed E-state index contributed by atoms with van der Waals surface area (Å²) in [5.41, 5.74) is 2.51. The quantitative estimate of drug-likeness (QED) is 0.912. The van der Waals surface area contributed by atoms with Gasteiger partial charge in [-0.25, -0.2) is 4.39 Å². The van der Waals surface area contributed by atoms with Crippen LogP contribution in [-0.2, 0) is 6.42 Å². The summed E-state index contributed by atoms with van der Waals surface area (Å²) in [6.07, 6.45) is 0.732. The van der Waals surface area contributed by atoms with E-state index in [0.717, 1.165) is 6.42 Å². The van der Waals surface area contributed by atoms with E-state index in [-0.39, 0.29) is 18.0 Å². The van der Waals surface area contributed by atoms with Crippen LogP contribution in [0.4, 0.5) is 4.39 Å². The van der Waals surface area contributed by atoms with Crippen molar-refractivity contribution in [1.29, 1.82) is 0 Å². The van der Waals surface area contributed by atoms with Crippen molar-refractivity contribution in [2.45, 2.75) is 18.6 Å². The summed E-state index contributed by atoms with van der Waals surface area (Å²) in [4.78, 5) is 0. The molecule has 0 amide bonds. The van der Waals surface area contributed by atoms with Crippen LogP contribution in [0.3, 0.4) is 0 Å². The van der Waals surface area contributed by atoms with Gasteiger partial charge in [-0.1, -0.05) is 36.4 Å². The van der Waals surface area contributed by atoms with Crippen LogP contribution in [0.1, 0.15) is 17.2 Å². The molecule has 0 aliphatic heterocycles. The molecule has 1 aliphatic rings. The topological polar surface area (TPSA) is 21.3 Å². The number of benzene rings is 2. The van der Waals surface area contributed by atoms with Crippen LogP contribution in [0.5, 0.6) is 5.75 Å². The molecule has 0 aromatic heterocycles. The predicted molar refractivity (Wildman–Crippen MR) is 72.8 cm³/mol. The summed E-state index contributed by atoms with van der Waals surface area (Å²) >= 11 is 0. The summed E-state index contributed by atoms with van der Waals surface area (Å²) < 4.78 is 19.5. The first-order valence-electron chi connectivity index (χ1n) is 6.46. The number of ether oxygens (including phenoxy) is 1. The van der Waals surface area contributed by atoms with Crippen molar-refractivity contribution in [2.24, 2.45) is 0 Å². The molecule has 2 atom stereocenters. The molecule has 1 aliphatic carbocycles. The fourth-order valence-corrected chi connectivity index (χ4v) is 2.71. The lowest BCUT2D eigenvalue weighted by Gasteiger charge is -2.21. The van der Waals surface area contributed by atoms with Gasteiger partial charge in [0.25, 0.3) is 0 Å². The Kier molecular flexibility index (Phi) is 3.22. The Morgan fingerprint density at radius 1 is 1.11 bits per heavy atom. The smallest absolute Gasteiger partial charge is 0.165 e. The molecule has 0 fully saturated rings. The number of nitrogens with one attached hydrogen (secondary N) is 1. The van der Waals surface area contributed by atoms with Gasteiger partial charge in [-0.3, -0.25) is 0 Å². The Labute approximate surface area is 112 Å². The molecule has 0 spiro atoms. The first kappa shape index (κ1) is 12.2. The highest BCUT2D eigenvalue weighted by atomic mass is 19.1. The second-order valence-electron chi connectivity index (χ2n) is 4.76. The van der Waals surface area contributed by atoms with Gasteiger partial charge < -0.3 is 10.1 Å². The molecule has 2 unspecified atom stereocenters. The molecule has 2 nitrogen and oxygen atoms in total. The molecular weight excluding hydrogens is 241 g/mol. The van der Waals surface area contributed by atoms with Crippen molar-refractivity contribution < 1.29 is 9.13 Å². The third-order valence-electron chi connectivity index (χ3n) is 3.61. The predicted octanol–water partition coefficient (Wildman–Crippen LogP) is 3.09. The van der Waals surface area contributed by atoms with E-state index in [1.54, 1.807) is 18.2 Å². The van der Waals surface area contributed by atoms with E-state index in [1.165, 1.54) is 17.2 Å². The maximum absolute atomic E-state index is 13.7. The average Bonchev–Trinajstić information content (AvgIpc) is 2.78. The van der Waals surface area contributed by atoms with E-state index in [2.05, 4.69) is 17.4 Å². The lowest BCUT2D eigenvalue weighted by molar-refractivity contribution is 0.164. The fourth-order valence-electron chi connectivity index (χ4n) is 2.71. The number of likely N-dealkylation sites (N-methyl/N-ethyl adjacent to an activating group) is 1. The van der Waals surface area contributed by atoms with E-state index in [1.807, 2.05) is 19.2 Å². The van der Waals surface area contributed by atoms with E-state index >= 15 is 0 Å². The lowest BCUT2D eigenvalue weighted by Crippen LogP contribution is -2.30. The molecule has 3 heteroatoms. The minimum Gasteiger partial charge on any atom is -0.485 e. The zero-order valence-electron chi connectivity index (χ0n) is 10.8. The van der Waals surface area contributed by atoms with Gasteiger partial charge in [0.2, 0.25) is 0 Å². The molecule has 1 N–H and O–H groups in total. The van der Waals surface area contributed by atoms with Crippen LogP contribution in [0.15, 0.2) is 48.5 Å². The monoisotopic (exact) mass is 257 g/mol. The Morgan fingerprint density at radius 2 is 1.84 bits per heavy atom. The Bertz CT molecular complexity index is 584. The van der Waals surface area contributed by atoms with Crippen molar-refractivity contribution in [3.8, 4) is 5.75 Å². The zero-order chi connectivity index (χ0) is 13.2. The largest absolute Gasteiger partial charge is 0.485 e. The first-order chi connectivity index (χ1) is 9.29. The second kappa shape index (κ2) is 5.02. The third kappa shape index (κ3) is 2.22. The van der Waals surface area contributed by atoms with Crippen LogP contribution in [0.25, 0.3) is 0 Å². The van der Waals surface area contributed by atoms with Gasteiger partial charge in [-0.15, -0.1) is 0 Å². The first-order valence-corrected chi connectivity index (χ1v) is 6.46. The summed E-state index contributed by atoms with van der Waals surface area (Å²) in [5, 5.41) is 3.26. The standard InChI is InChI=1S/C16H16FNO/c1-18-16-12-7-3-2-6-11(12)10-15(16)19-14-9-5-4-8-13(14)17/h2-9,15-16,18H,10H2,1H3. The molecule has 19 heavy (non-hydrogen) atoms. The Balaban J connectivity index is 1.86. The summed E-state index contributed by atoms with van der Waals surface area (Å²) in [5.74, 6) is 0.00821. The minimum absolute atomic E-state index is 0.0701. The fraction of sp³-hybridized carbons (Fsp3) is 0.250. The van der Waals surface area contributed by atoms with Gasteiger partial charge in [0.05, 0.1) is 6.04 Å². The van der Waals surface area contributed by atoms with Gasteiger partial charge in [0, 0.05) is 6.42 Å². The van der Waals surface area contributed by atoms with Gasteiger partial charge in [0.1, 0.15) is 6.10 Å². The lowest BCUT2D eigenvalue weighted by atomic mass is 10.1. The normalized spacial score (nSPS) is 21.2. The van der Waals surface area contributed by atoms with Crippen molar-refractivity contribution in [1.82, 2.24) is 5.32 Å². The van der Waals surface area contributed by atoms with E-state index in [0.29, 0.717) is 5.75 Å². The maximum atomic E-state index is 13.7. The van der Waals surface area contributed by atoms with Crippen LogP contribution in [-0.4, -0.2) is 13.2 Å². The third-order valence-corrected chi connectivity index (χ3v) is 3.61. The molecular formula is C16H16FNO. The van der Waals surface area contributed by atoms with Crippen LogP contribution >= 0.6 is 0 Å². The number of halogens is 1. The highest BCUT2D eigenvalue weighted by Gasteiger charge is 2.33. The molecule has 3 rings (SSSR count). The average molecular weight is 257 g/mol. The molecule has 0 saturated heterocycles. The van der Waals surface area contributed by atoms with Gasteiger partial charge in [-0.05, 0) is 30.3 Å². The van der Waals surface area contributed by atoms with Crippen molar-refractivity contribution in [3.63, 3.8) is 0 Å². The zero-order valence-corrected chi connectivity index (χ0v) is 10.8. The van der Waals surface area contributed by atoms with E-state index in [4.69, 9.17) is 4.74 Å². The molecule has 0 radical (unpaired) electrons. The highest BCUT2D eigenvalue weighted by molar-refractivity contribution is 5.37. The van der Waals surface area contributed by atoms with Gasteiger partial charge in [-0.2, -0.15) is 0 Å².